The van der Waals surface area contributed by atoms with Crippen LogP contribution in [0.1, 0.15) is 0 Å². The molecule has 0 saturated carbocycles. The van der Waals surface area contributed by atoms with Crippen molar-refractivity contribution in [2.24, 2.45) is 0 Å². The first kappa shape index (κ1) is 8.74. The van der Waals surface area contributed by atoms with Gasteiger partial charge in [-0.3, -0.25) is 4.98 Å². The maximum absolute atomic E-state index is 13.1. The van der Waals surface area contributed by atoms with Gasteiger partial charge in [-0.25, -0.2) is 9.37 Å². The SMILES string of the molecule is Fc1ccc(-c2cccnc2F)nc1. The fourth-order valence-corrected chi connectivity index (χ4v) is 1.11. The van der Waals surface area contributed by atoms with Crippen LogP contribution in [0.4, 0.5) is 8.78 Å². The zero-order chi connectivity index (χ0) is 9.97. The van der Waals surface area contributed by atoms with Crippen LogP contribution in [0.15, 0.2) is 36.7 Å². The fourth-order valence-electron chi connectivity index (χ4n) is 1.11. The van der Waals surface area contributed by atoms with Crippen molar-refractivity contribution in [2.45, 2.75) is 0 Å². The molecule has 70 valence electrons. The lowest BCUT2D eigenvalue weighted by molar-refractivity contribution is 0.586. The van der Waals surface area contributed by atoms with Crippen LogP contribution < -0.4 is 0 Å². The zero-order valence-electron chi connectivity index (χ0n) is 7.11. The average molecular weight is 192 g/mol. The van der Waals surface area contributed by atoms with Crippen molar-refractivity contribution in [1.82, 2.24) is 9.97 Å². The second kappa shape index (κ2) is 3.49. The molecule has 0 fully saturated rings. The van der Waals surface area contributed by atoms with Gasteiger partial charge in [-0.2, -0.15) is 4.39 Å². The molecule has 0 saturated heterocycles. The number of nitrogens with zero attached hydrogens (tertiary/aromatic N) is 2. The van der Waals surface area contributed by atoms with Crippen molar-refractivity contribution in [3.05, 3.63) is 48.4 Å². The van der Waals surface area contributed by atoms with Crippen LogP contribution in [0.25, 0.3) is 11.3 Å². The topological polar surface area (TPSA) is 25.8 Å². The summed E-state index contributed by atoms with van der Waals surface area (Å²) in [5.74, 6) is -1.05. The third kappa shape index (κ3) is 1.59. The summed E-state index contributed by atoms with van der Waals surface area (Å²) in [7, 11) is 0. The molecule has 0 aromatic carbocycles. The Morgan fingerprint density at radius 3 is 2.50 bits per heavy atom. The van der Waals surface area contributed by atoms with Gasteiger partial charge in [-0.1, -0.05) is 0 Å². The van der Waals surface area contributed by atoms with Gasteiger partial charge >= 0.3 is 0 Å². The van der Waals surface area contributed by atoms with E-state index in [2.05, 4.69) is 9.97 Å². The smallest absolute Gasteiger partial charge is 0.222 e. The normalized spacial score (nSPS) is 10.1. The standard InChI is InChI=1S/C10H6F2N2/c11-7-3-4-9(14-6-7)8-2-1-5-13-10(8)12/h1-6H. The molecule has 0 N–H and O–H groups in total. The van der Waals surface area contributed by atoms with E-state index >= 15 is 0 Å². The quantitative estimate of drug-likeness (QED) is 0.648. The first-order valence-corrected chi connectivity index (χ1v) is 4.00. The lowest BCUT2D eigenvalue weighted by Crippen LogP contribution is -1.90. The Hall–Kier alpha value is -1.84. The van der Waals surface area contributed by atoms with Gasteiger partial charge in [0.05, 0.1) is 17.5 Å². The van der Waals surface area contributed by atoms with E-state index in [1.54, 1.807) is 12.1 Å². The predicted molar refractivity (Wildman–Crippen MR) is 47.4 cm³/mol. The Balaban J connectivity index is 2.50. The van der Waals surface area contributed by atoms with E-state index in [4.69, 9.17) is 0 Å². The van der Waals surface area contributed by atoms with Gasteiger partial charge in [0.15, 0.2) is 0 Å². The molecule has 4 heteroatoms. The van der Waals surface area contributed by atoms with Crippen molar-refractivity contribution in [1.29, 1.82) is 0 Å². The molecule has 0 amide bonds. The summed E-state index contributed by atoms with van der Waals surface area (Å²) in [4.78, 5) is 7.23. The largest absolute Gasteiger partial charge is 0.253 e. The van der Waals surface area contributed by atoms with Crippen molar-refractivity contribution in [3.63, 3.8) is 0 Å². The molecule has 0 aliphatic heterocycles. The summed E-state index contributed by atoms with van der Waals surface area (Å²) in [6.07, 6.45) is 2.39. The molecule has 14 heavy (non-hydrogen) atoms. The first-order chi connectivity index (χ1) is 6.77. The molecule has 2 nitrogen and oxygen atoms in total. The number of aromatic nitrogens is 2. The highest BCUT2D eigenvalue weighted by molar-refractivity contribution is 5.57. The zero-order valence-corrected chi connectivity index (χ0v) is 7.11. The van der Waals surface area contributed by atoms with Crippen molar-refractivity contribution in [2.75, 3.05) is 0 Å². The number of hydrogen-bond donors (Lipinski definition) is 0. The molecule has 2 aromatic heterocycles. The molecule has 0 atom stereocenters. The highest BCUT2D eigenvalue weighted by Gasteiger charge is 2.05. The Bertz CT molecular complexity index is 440. The molecule has 0 bridgehead atoms. The number of hydrogen-bond acceptors (Lipinski definition) is 2. The Morgan fingerprint density at radius 2 is 1.86 bits per heavy atom. The summed E-state index contributed by atoms with van der Waals surface area (Å²) >= 11 is 0. The van der Waals surface area contributed by atoms with Crippen LogP contribution in [-0.2, 0) is 0 Å². The third-order valence-electron chi connectivity index (χ3n) is 1.76. The van der Waals surface area contributed by atoms with Gasteiger partial charge in [0.25, 0.3) is 0 Å². The summed E-state index contributed by atoms with van der Waals surface area (Å²) < 4.78 is 25.7. The molecule has 0 aliphatic carbocycles. The van der Waals surface area contributed by atoms with Crippen molar-refractivity contribution < 1.29 is 8.78 Å². The first-order valence-electron chi connectivity index (χ1n) is 4.00. The highest BCUT2D eigenvalue weighted by atomic mass is 19.1. The van der Waals surface area contributed by atoms with Gasteiger partial charge in [0.1, 0.15) is 5.82 Å². The van der Waals surface area contributed by atoms with Crippen molar-refractivity contribution >= 4 is 0 Å². The average Bonchev–Trinajstić information content (AvgIpc) is 2.20. The Kier molecular flexibility index (Phi) is 2.18. The summed E-state index contributed by atoms with van der Waals surface area (Å²) in [6, 6.07) is 5.79. The highest BCUT2D eigenvalue weighted by Crippen LogP contribution is 2.18. The molecule has 0 radical (unpaired) electrons. The van der Waals surface area contributed by atoms with Crippen molar-refractivity contribution in [3.8, 4) is 11.3 Å². The minimum atomic E-state index is -0.605. The monoisotopic (exact) mass is 192 g/mol. The molecule has 0 unspecified atom stereocenters. The van der Waals surface area contributed by atoms with Crippen LogP contribution in [0.5, 0.6) is 0 Å². The second-order valence-corrected chi connectivity index (χ2v) is 2.70. The maximum Gasteiger partial charge on any atom is 0.222 e. The molecule has 2 rings (SSSR count). The van der Waals surface area contributed by atoms with Crippen LogP contribution in [0.3, 0.4) is 0 Å². The van der Waals surface area contributed by atoms with E-state index in [-0.39, 0.29) is 5.56 Å². The lowest BCUT2D eigenvalue weighted by atomic mass is 10.2. The summed E-state index contributed by atoms with van der Waals surface area (Å²) in [5.41, 5.74) is 0.643. The minimum Gasteiger partial charge on any atom is -0.253 e. The number of pyridine rings is 2. The maximum atomic E-state index is 13.1. The van der Waals surface area contributed by atoms with Crippen LogP contribution >= 0.6 is 0 Å². The van der Waals surface area contributed by atoms with Gasteiger partial charge in [0.2, 0.25) is 5.95 Å². The molecular formula is C10H6F2N2. The number of halogens is 2. The molecule has 0 spiro atoms. The van der Waals surface area contributed by atoms with Gasteiger partial charge in [-0.15, -0.1) is 0 Å². The molecular weight excluding hydrogens is 186 g/mol. The minimum absolute atomic E-state index is 0.271. The fraction of sp³-hybridized carbons (Fsp3) is 0. The van der Waals surface area contributed by atoms with E-state index in [0.29, 0.717) is 5.69 Å². The van der Waals surface area contributed by atoms with Crippen LogP contribution in [0, 0.1) is 11.8 Å². The van der Waals surface area contributed by atoms with Crippen LogP contribution in [-0.4, -0.2) is 9.97 Å². The molecule has 2 aromatic rings. The Labute approximate surface area is 79.3 Å². The lowest BCUT2D eigenvalue weighted by Gasteiger charge is -2.00. The number of rotatable bonds is 1. The second-order valence-electron chi connectivity index (χ2n) is 2.70. The van der Waals surface area contributed by atoms with E-state index in [1.807, 2.05) is 0 Å². The van der Waals surface area contributed by atoms with E-state index < -0.39 is 11.8 Å². The van der Waals surface area contributed by atoms with Gasteiger partial charge in [-0.05, 0) is 24.3 Å². The van der Waals surface area contributed by atoms with E-state index in [1.165, 1.54) is 18.3 Å². The van der Waals surface area contributed by atoms with E-state index in [0.717, 1.165) is 6.20 Å². The third-order valence-corrected chi connectivity index (χ3v) is 1.76. The predicted octanol–water partition coefficient (Wildman–Crippen LogP) is 2.42. The van der Waals surface area contributed by atoms with Crippen LogP contribution in [0.2, 0.25) is 0 Å². The summed E-state index contributed by atoms with van der Waals surface area (Å²) in [5, 5.41) is 0. The summed E-state index contributed by atoms with van der Waals surface area (Å²) in [6.45, 7) is 0. The molecule has 0 aliphatic rings. The van der Waals surface area contributed by atoms with E-state index in [9.17, 15) is 8.78 Å². The van der Waals surface area contributed by atoms with Gasteiger partial charge < -0.3 is 0 Å². The molecule has 2 heterocycles. The van der Waals surface area contributed by atoms with Gasteiger partial charge in [0, 0.05) is 6.20 Å². The Morgan fingerprint density at radius 1 is 1.00 bits per heavy atom.